The van der Waals surface area contributed by atoms with E-state index in [1.54, 1.807) is 6.21 Å². The lowest BCUT2D eigenvalue weighted by molar-refractivity contribution is -0.119. The van der Waals surface area contributed by atoms with Crippen molar-refractivity contribution in [3.05, 3.63) is 77.9 Å². The van der Waals surface area contributed by atoms with Gasteiger partial charge in [0.25, 0.3) is 5.91 Å². The van der Waals surface area contributed by atoms with E-state index in [1.165, 1.54) is 5.56 Å². The SMILES string of the molecule is O=C(CN1CCCc2ccccc21)N/N=C/c1cccc2ccccc12. The summed E-state index contributed by atoms with van der Waals surface area (Å²) >= 11 is 0. The van der Waals surface area contributed by atoms with Crippen LogP contribution in [0.1, 0.15) is 17.5 Å². The second kappa shape index (κ2) is 7.40. The van der Waals surface area contributed by atoms with Gasteiger partial charge in [0.05, 0.1) is 12.8 Å². The van der Waals surface area contributed by atoms with E-state index in [2.05, 4.69) is 51.8 Å². The molecule has 3 aromatic rings. The van der Waals surface area contributed by atoms with Gasteiger partial charge in [0.15, 0.2) is 0 Å². The van der Waals surface area contributed by atoms with Gasteiger partial charge in [-0.25, -0.2) is 5.43 Å². The van der Waals surface area contributed by atoms with E-state index in [0.29, 0.717) is 6.54 Å². The number of fused-ring (bicyclic) bond motifs is 2. The van der Waals surface area contributed by atoms with Crippen LogP contribution in [0.25, 0.3) is 10.8 Å². The lowest BCUT2D eigenvalue weighted by Crippen LogP contribution is -2.38. The van der Waals surface area contributed by atoms with Crippen molar-refractivity contribution in [2.75, 3.05) is 18.0 Å². The van der Waals surface area contributed by atoms with E-state index >= 15 is 0 Å². The third-order valence-corrected chi connectivity index (χ3v) is 4.76. The quantitative estimate of drug-likeness (QED) is 0.579. The fourth-order valence-corrected chi connectivity index (χ4v) is 3.52. The molecule has 4 heteroatoms. The molecule has 0 unspecified atom stereocenters. The molecule has 1 heterocycles. The Balaban J connectivity index is 1.42. The Morgan fingerprint density at radius 2 is 1.85 bits per heavy atom. The summed E-state index contributed by atoms with van der Waals surface area (Å²) in [6.07, 6.45) is 3.86. The first-order chi connectivity index (χ1) is 12.8. The number of nitrogens with one attached hydrogen (secondary N) is 1. The van der Waals surface area contributed by atoms with E-state index < -0.39 is 0 Å². The van der Waals surface area contributed by atoms with Crippen LogP contribution in [-0.2, 0) is 11.2 Å². The van der Waals surface area contributed by atoms with Crippen molar-refractivity contribution in [1.29, 1.82) is 0 Å². The molecule has 4 rings (SSSR count). The number of carbonyl (C=O) groups excluding carboxylic acids is 1. The molecule has 4 nitrogen and oxygen atoms in total. The average molecular weight is 343 g/mol. The van der Waals surface area contributed by atoms with Gasteiger partial charge in [-0.05, 0) is 35.2 Å². The number of rotatable bonds is 4. The minimum Gasteiger partial charge on any atom is -0.362 e. The predicted octanol–water partition coefficient (Wildman–Crippen LogP) is 3.74. The molecule has 130 valence electrons. The van der Waals surface area contributed by atoms with E-state index in [1.807, 2.05) is 30.3 Å². The number of amides is 1. The second-order valence-corrected chi connectivity index (χ2v) is 6.52. The first kappa shape index (κ1) is 16.3. The van der Waals surface area contributed by atoms with Gasteiger partial charge in [-0.3, -0.25) is 4.79 Å². The Hall–Kier alpha value is -3.14. The van der Waals surface area contributed by atoms with Gasteiger partial charge in [0, 0.05) is 17.8 Å². The summed E-state index contributed by atoms with van der Waals surface area (Å²) in [6.45, 7) is 1.22. The van der Waals surface area contributed by atoms with Gasteiger partial charge in [-0.1, -0.05) is 60.7 Å². The molecule has 0 aliphatic carbocycles. The average Bonchev–Trinajstić information content (AvgIpc) is 2.68. The van der Waals surface area contributed by atoms with Gasteiger partial charge in [0.2, 0.25) is 0 Å². The highest BCUT2D eigenvalue weighted by Crippen LogP contribution is 2.26. The molecule has 0 aromatic heterocycles. The van der Waals surface area contributed by atoms with Crippen LogP contribution in [0.5, 0.6) is 0 Å². The van der Waals surface area contributed by atoms with Crippen LogP contribution in [0.3, 0.4) is 0 Å². The summed E-state index contributed by atoms with van der Waals surface area (Å²) in [7, 11) is 0. The van der Waals surface area contributed by atoms with Crippen molar-refractivity contribution in [2.24, 2.45) is 5.10 Å². The molecule has 0 fully saturated rings. The lowest BCUT2D eigenvalue weighted by atomic mass is 10.0. The van der Waals surface area contributed by atoms with Crippen LogP contribution >= 0.6 is 0 Å². The van der Waals surface area contributed by atoms with Gasteiger partial charge in [-0.2, -0.15) is 5.10 Å². The number of nitrogens with zero attached hydrogens (tertiary/aromatic N) is 2. The number of hydrazone groups is 1. The van der Waals surface area contributed by atoms with Crippen LogP contribution in [0.4, 0.5) is 5.69 Å². The number of benzene rings is 3. The zero-order valence-electron chi connectivity index (χ0n) is 14.6. The molecule has 0 radical (unpaired) electrons. The molecule has 0 spiro atoms. The summed E-state index contributed by atoms with van der Waals surface area (Å²) in [5, 5.41) is 6.44. The third-order valence-electron chi connectivity index (χ3n) is 4.76. The Morgan fingerprint density at radius 1 is 1.04 bits per heavy atom. The number of carbonyl (C=O) groups is 1. The maximum atomic E-state index is 12.3. The Morgan fingerprint density at radius 3 is 2.81 bits per heavy atom. The topological polar surface area (TPSA) is 44.7 Å². The maximum Gasteiger partial charge on any atom is 0.259 e. The fourth-order valence-electron chi connectivity index (χ4n) is 3.52. The molecule has 3 aromatic carbocycles. The summed E-state index contributed by atoms with van der Waals surface area (Å²) in [4.78, 5) is 14.4. The smallest absolute Gasteiger partial charge is 0.259 e. The fraction of sp³-hybridized carbons (Fsp3) is 0.182. The Labute approximate surface area is 153 Å². The van der Waals surface area contributed by atoms with E-state index in [9.17, 15) is 4.79 Å². The minimum absolute atomic E-state index is 0.0989. The van der Waals surface area contributed by atoms with Crippen molar-refractivity contribution in [3.8, 4) is 0 Å². The van der Waals surface area contributed by atoms with Crippen LogP contribution in [0.15, 0.2) is 71.8 Å². The van der Waals surface area contributed by atoms with Gasteiger partial charge in [0.1, 0.15) is 0 Å². The lowest BCUT2D eigenvalue weighted by Gasteiger charge is -2.30. The number of hydrogen-bond acceptors (Lipinski definition) is 3. The molecule has 1 N–H and O–H groups in total. The van der Waals surface area contributed by atoms with Crippen LogP contribution in [-0.4, -0.2) is 25.2 Å². The van der Waals surface area contributed by atoms with Crippen LogP contribution < -0.4 is 10.3 Å². The van der Waals surface area contributed by atoms with Crippen molar-refractivity contribution < 1.29 is 4.79 Å². The van der Waals surface area contributed by atoms with Crippen molar-refractivity contribution in [2.45, 2.75) is 12.8 Å². The standard InChI is InChI=1S/C22H21N3O/c26-22(16-25-14-6-11-18-8-2-4-13-21(18)25)24-23-15-19-10-5-9-17-7-1-3-12-20(17)19/h1-5,7-10,12-13,15H,6,11,14,16H2,(H,24,26)/b23-15+. The number of hydrogen-bond donors (Lipinski definition) is 1. The van der Waals surface area contributed by atoms with Crippen molar-refractivity contribution in [1.82, 2.24) is 5.43 Å². The number of aryl methyl sites for hydroxylation is 1. The summed E-state index contributed by atoms with van der Waals surface area (Å²) in [5.74, 6) is -0.0989. The molecule has 0 bridgehead atoms. The summed E-state index contributed by atoms with van der Waals surface area (Å²) < 4.78 is 0. The molecular formula is C22H21N3O. The molecule has 0 atom stereocenters. The van der Waals surface area contributed by atoms with Gasteiger partial charge in [-0.15, -0.1) is 0 Å². The van der Waals surface area contributed by atoms with Gasteiger partial charge < -0.3 is 4.90 Å². The van der Waals surface area contributed by atoms with E-state index in [4.69, 9.17) is 0 Å². The Bertz CT molecular complexity index is 959. The first-order valence-corrected chi connectivity index (χ1v) is 8.94. The molecule has 1 aliphatic heterocycles. The second-order valence-electron chi connectivity index (χ2n) is 6.52. The summed E-state index contributed by atoms with van der Waals surface area (Å²) in [5.41, 5.74) is 6.13. The largest absolute Gasteiger partial charge is 0.362 e. The third kappa shape index (κ3) is 3.45. The molecule has 26 heavy (non-hydrogen) atoms. The van der Waals surface area contributed by atoms with Gasteiger partial charge >= 0.3 is 0 Å². The van der Waals surface area contributed by atoms with Crippen LogP contribution in [0, 0.1) is 0 Å². The number of para-hydroxylation sites is 1. The zero-order chi connectivity index (χ0) is 17.8. The van der Waals surface area contributed by atoms with E-state index in [0.717, 1.165) is 41.4 Å². The number of anilines is 1. The first-order valence-electron chi connectivity index (χ1n) is 8.94. The highest BCUT2D eigenvalue weighted by Gasteiger charge is 2.18. The minimum atomic E-state index is -0.0989. The highest BCUT2D eigenvalue weighted by molar-refractivity contribution is 6.00. The summed E-state index contributed by atoms with van der Waals surface area (Å²) in [6, 6.07) is 22.5. The molecule has 0 saturated heterocycles. The normalized spacial score (nSPS) is 13.8. The zero-order valence-corrected chi connectivity index (χ0v) is 14.6. The monoisotopic (exact) mass is 343 g/mol. The molecule has 1 amide bonds. The maximum absolute atomic E-state index is 12.3. The van der Waals surface area contributed by atoms with Crippen molar-refractivity contribution in [3.63, 3.8) is 0 Å². The van der Waals surface area contributed by atoms with E-state index in [-0.39, 0.29) is 5.91 Å². The van der Waals surface area contributed by atoms with Crippen molar-refractivity contribution >= 4 is 28.6 Å². The Kier molecular flexibility index (Phi) is 4.65. The molecular weight excluding hydrogens is 322 g/mol. The van der Waals surface area contributed by atoms with Crippen LogP contribution in [0.2, 0.25) is 0 Å². The molecule has 1 aliphatic rings. The molecule has 0 saturated carbocycles. The predicted molar refractivity (Wildman–Crippen MR) is 107 cm³/mol. The highest BCUT2D eigenvalue weighted by atomic mass is 16.2.